The third-order valence-electron chi connectivity index (χ3n) is 4.24. The maximum atomic E-state index is 13.2. The van der Waals surface area contributed by atoms with E-state index >= 15 is 0 Å². The fraction of sp³-hybridized carbons (Fsp3) is 0.500. The summed E-state index contributed by atoms with van der Waals surface area (Å²) < 4.78 is 39.3. The Morgan fingerprint density at radius 2 is 2.00 bits per heavy atom. The summed E-state index contributed by atoms with van der Waals surface area (Å²) in [6.45, 7) is 2.07. The van der Waals surface area contributed by atoms with E-state index in [0.717, 1.165) is 6.07 Å². The van der Waals surface area contributed by atoms with Gasteiger partial charge < -0.3 is 5.11 Å². The molecule has 0 aromatic heterocycles. The topological polar surface area (TPSA) is 74.7 Å². The van der Waals surface area contributed by atoms with Gasteiger partial charge in [0.15, 0.2) is 0 Å². The summed E-state index contributed by atoms with van der Waals surface area (Å²) in [4.78, 5) is 11.3. The summed E-state index contributed by atoms with van der Waals surface area (Å²) in [5, 5.41) is 9.31. The van der Waals surface area contributed by atoms with Crippen LogP contribution in [0, 0.1) is 11.2 Å². The number of carboxylic acid groups (broad SMARTS) is 1. The fourth-order valence-corrected chi connectivity index (χ4v) is 4.12. The molecule has 0 bridgehead atoms. The second-order valence-electron chi connectivity index (χ2n) is 5.30. The predicted molar refractivity (Wildman–Crippen MR) is 74.8 cm³/mol. The van der Waals surface area contributed by atoms with Gasteiger partial charge in [-0.1, -0.05) is 13.0 Å². The summed E-state index contributed by atoms with van der Waals surface area (Å²) in [6.07, 6.45) is 1.01. The molecule has 0 amide bonds. The van der Waals surface area contributed by atoms with E-state index in [4.69, 9.17) is 0 Å². The van der Waals surface area contributed by atoms with Crippen molar-refractivity contribution < 1.29 is 22.7 Å². The molecule has 0 spiro atoms. The standard InChI is InChI=1S/C14H18FNO4S/c1-2-14(13(17)18)6-8-16(9-7-14)21(19,20)12-5-3-4-11(15)10-12/h3-5,10H,2,6-9H2,1H3,(H,17,18). The molecule has 116 valence electrons. The Morgan fingerprint density at radius 3 is 2.48 bits per heavy atom. The van der Waals surface area contributed by atoms with Gasteiger partial charge in [0.25, 0.3) is 0 Å². The van der Waals surface area contributed by atoms with E-state index in [1.54, 1.807) is 6.92 Å². The number of hydrogen-bond donors (Lipinski definition) is 1. The van der Waals surface area contributed by atoms with Gasteiger partial charge in [-0.25, -0.2) is 12.8 Å². The minimum Gasteiger partial charge on any atom is -0.481 e. The molecule has 1 aromatic rings. The van der Waals surface area contributed by atoms with Gasteiger partial charge in [-0.05, 0) is 37.5 Å². The largest absolute Gasteiger partial charge is 0.481 e. The summed E-state index contributed by atoms with van der Waals surface area (Å²) in [5.74, 6) is -1.49. The van der Waals surface area contributed by atoms with Crippen molar-refractivity contribution in [3.05, 3.63) is 30.1 Å². The van der Waals surface area contributed by atoms with E-state index < -0.39 is 27.2 Å². The van der Waals surface area contributed by atoms with Crippen molar-refractivity contribution in [2.45, 2.75) is 31.1 Å². The molecule has 1 aliphatic heterocycles. The number of carboxylic acids is 1. The van der Waals surface area contributed by atoms with Crippen LogP contribution < -0.4 is 0 Å². The summed E-state index contributed by atoms with van der Waals surface area (Å²) in [6, 6.07) is 4.85. The average molecular weight is 315 g/mol. The smallest absolute Gasteiger partial charge is 0.309 e. The van der Waals surface area contributed by atoms with Gasteiger partial charge in [-0.3, -0.25) is 4.79 Å². The van der Waals surface area contributed by atoms with E-state index in [9.17, 15) is 22.7 Å². The van der Waals surface area contributed by atoms with Crippen molar-refractivity contribution in [3.8, 4) is 0 Å². The molecule has 0 saturated carbocycles. The number of aliphatic carboxylic acids is 1. The van der Waals surface area contributed by atoms with Gasteiger partial charge >= 0.3 is 5.97 Å². The molecular weight excluding hydrogens is 297 g/mol. The minimum atomic E-state index is -3.77. The van der Waals surface area contributed by atoms with Crippen LogP contribution >= 0.6 is 0 Å². The maximum absolute atomic E-state index is 13.2. The van der Waals surface area contributed by atoms with Crippen LogP contribution in [0.2, 0.25) is 0 Å². The molecule has 0 radical (unpaired) electrons. The Hall–Kier alpha value is -1.47. The molecule has 0 unspecified atom stereocenters. The molecule has 1 heterocycles. The fourth-order valence-electron chi connectivity index (χ4n) is 2.65. The van der Waals surface area contributed by atoms with Gasteiger partial charge in [0.1, 0.15) is 5.82 Å². The molecule has 7 heteroatoms. The summed E-state index contributed by atoms with van der Waals surface area (Å²) in [5.41, 5.74) is -0.853. The number of halogens is 1. The highest BCUT2D eigenvalue weighted by molar-refractivity contribution is 7.89. The zero-order chi connectivity index (χ0) is 15.7. The quantitative estimate of drug-likeness (QED) is 0.923. The van der Waals surface area contributed by atoms with E-state index in [-0.39, 0.29) is 30.8 Å². The van der Waals surface area contributed by atoms with Gasteiger partial charge in [0.2, 0.25) is 10.0 Å². The Bertz CT molecular complexity index is 636. The third kappa shape index (κ3) is 2.94. The van der Waals surface area contributed by atoms with Crippen molar-refractivity contribution in [2.75, 3.05) is 13.1 Å². The molecule has 1 N–H and O–H groups in total. The van der Waals surface area contributed by atoms with Crippen LogP contribution in [0.4, 0.5) is 4.39 Å². The zero-order valence-corrected chi connectivity index (χ0v) is 12.6. The van der Waals surface area contributed by atoms with Crippen molar-refractivity contribution in [1.29, 1.82) is 0 Å². The lowest BCUT2D eigenvalue weighted by atomic mass is 9.77. The Morgan fingerprint density at radius 1 is 1.38 bits per heavy atom. The number of hydrogen-bond acceptors (Lipinski definition) is 3. The first-order valence-electron chi connectivity index (χ1n) is 6.81. The second-order valence-corrected chi connectivity index (χ2v) is 7.24. The minimum absolute atomic E-state index is 0.0955. The molecule has 5 nitrogen and oxygen atoms in total. The zero-order valence-electron chi connectivity index (χ0n) is 11.8. The second kappa shape index (κ2) is 5.73. The molecule has 1 saturated heterocycles. The van der Waals surface area contributed by atoms with E-state index in [1.807, 2.05) is 0 Å². The SMILES string of the molecule is CCC1(C(=O)O)CCN(S(=O)(=O)c2cccc(F)c2)CC1. The van der Waals surface area contributed by atoms with Gasteiger partial charge in [-0.2, -0.15) is 4.31 Å². The van der Waals surface area contributed by atoms with Crippen LogP contribution in [0.1, 0.15) is 26.2 Å². The number of carbonyl (C=O) groups is 1. The van der Waals surface area contributed by atoms with Crippen LogP contribution in [-0.4, -0.2) is 36.9 Å². The predicted octanol–water partition coefficient (Wildman–Crippen LogP) is 2.09. The highest BCUT2D eigenvalue weighted by Crippen LogP contribution is 2.36. The number of piperidine rings is 1. The Labute approximate surface area is 123 Å². The molecule has 1 fully saturated rings. The maximum Gasteiger partial charge on any atom is 0.309 e. The van der Waals surface area contributed by atoms with Crippen LogP contribution in [0.3, 0.4) is 0 Å². The Kier molecular flexibility index (Phi) is 4.34. The van der Waals surface area contributed by atoms with Gasteiger partial charge in [0.05, 0.1) is 10.3 Å². The van der Waals surface area contributed by atoms with Gasteiger partial charge in [-0.15, -0.1) is 0 Å². The lowest BCUT2D eigenvalue weighted by Gasteiger charge is -2.37. The van der Waals surface area contributed by atoms with Gasteiger partial charge in [0, 0.05) is 13.1 Å². The number of benzene rings is 1. The molecule has 1 aliphatic rings. The van der Waals surface area contributed by atoms with E-state index in [2.05, 4.69) is 0 Å². The molecule has 0 atom stereocenters. The van der Waals surface area contributed by atoms with Crippen molar-refractivity contribution in [2.24, 2.45) is 5.41 Å². The Balaban J connectivity index is 2.20. The summed E-state index contributed by atoms with van der Waals surface area (Å²) >= 11 is 0. The van der Waals surface area contributed by atoms with E-state index in [1.165, 1.54) is 22.5 Å². The van der Waals surface area contributed by atoms with Crippen molar-refractivity contribution in [3.63, 3.8) is 0 Å². The average Bonchev–Trinajstić information content (AvgIpc) is 2.47. The molecule has 0 aliphatic carbocycles. The third-order valence-corrected chi connectivity index (χ3v) is 6.14. The van der Waals surface area contributed by atoms with Crippen LogP contribution in [-0.2, 0) is 14.8 Å². The lowest BCUT2D eigenvalue weighted by molar-refractivity contribution is -0.151. The first kappa shape index (κ1) is 15.9. The first-order chi connectivity index (χ1) is 9.82. The number of sulfonamides is 1. The lowest BCUT2D eigenvalue weighted by Crippen LogP contribution is -2.46. The van der Waals surface area contributed by atoms with Crippen LogP contribution in [0.5, 0.6) is 0 Å². The number of nitrogens with zero attached hydrogens (tertiary/aromatic N) is 1. The molecular formula is C14H18FNO4S. The summed E-state index contributed by atoms with van der Waals surface area (Å²) in [7, 11) is -3.77. The first-order valence-corrected chi connectivity index (χ1v) is 8.25. The molecule has 2 rings (SSSR count). The van der Waals surface area contributed by atoms with Crippen molar-refractivity contribution in [1.82, 2.24) is 4.31 Å². The highest BCUT2D eigenvalue weighted by Gasteiger charge is 2.42. The molecule has 1 aromatic carbocycles. The monoisotopic (exact) mass is 315 g/mol. The highest BCUT2D eigenvalue weighted by atomic mass is 32.2. The number of rotatable bonds is 4. The van der Waals surface area contributed by atoms with E-state index in [0.29, 0.717) is 6.42 Å². The normalized spacial score (nSPS) is 19.3. The van der Waals surface area contributed by atoms with Crippen LogP contribution in [0.25, 0.3) is 0 Å². The van der Waals surface area contributed by atoms with Crippen LogP contribution in [0.15, 0.2) is 29.2 Å². The molecule has 21 heavy (non-hydrogen) atoms. The van der Waals surface area contributed by atoms with Crippen molar-refractivity contribution >= 4 is 16.0 Å².